The van der Waals surface area contributed by atoms with Crippen molar-refractivity contribution in [2.24, 2.45) is 0 Å². The van der Waals surface area contributed by atoms with E-state index in [0.29, 0.717) is 6.61 Å². The van der Waals surface area contributed by atoms with Crippen molar-refractivity contribution in [1.82, 2.24) is 0 Å². The predicted molar refractivity (Wildman–Crippen MR) is 113 cm³/mol. The van der Waals surface area contributed by atoms with Gasteiger partial charge in [0, 0.05) is 6.61 Å². The molecule has 138 valence electrons. The van der Waals surface area contributed by atoms with E-state index in [2.05, 4.69) is 81.4 Å². The van der Waals surface area contributed by atoms with Gasteiger partial charge in [0.25, 0.3) is 8.32 Å². The van der Waals surface area contributed by atoms with Gasteiger partial charge in [0.05, 0.1) is 0 Å². The lowest BCUT2D eigenvalue weighted by Gasteiger charge is -2.43. The number of ketones is 1. The molecule has 26 heavy (non-hydrogen) atoms. The van der Waals surface area contributed by atoms with E-state index < -0.39 is 8.32 Å². The van der Waals surface area contributed by atoms with Gasteiger partial charge >= 0.3 is 0 Å². The summed E-state index contributed by atoms with van der Waals surface area (Å²) in [7, 11) is -2.42. The van der Waals surface area contributed by atoms with E-state index in [0.717, 1.165) is 12.8 Å². The molecule has 0 N–H and O–H groups in total. The fourth-order valence-electron chi connectivity index (χ4n) is 3.44. The number of carbonyl (C=O) groups excluding carboxylic acids is 1. The van der Waals surface area contributed by atoms with Crippen LogP contribution in [0.5, 0.6) is 0 Å². The molecule has 0 aliphatic heterocycles. The summed E-state index contributed by atoms with van der Waals surface area (Å²) in [5, 5.41) is 2.61. The number of benzene rings is 2. The third-order valence-electron chi connectivity index (χ3n) is 4.60. The van der Waals surface area contributed by atoms with Gasteiger partial charge in [0.2, 0.25) is 0 Å². The van der Waals surface area contributed by atoms with Crippen LogP contribution in [0.4, 0.5) is 0 Å². The van der Waals surface area contributed by atoms with Crippen molar-refractivity contribution in [1.29, 1.82) is 0 Å². The van der Waals surface area contributed by atoms with Gasteiger partial charge in [-0.2, -0.15) is 0 Å². The largest absolute Gasteiger partial charge is 0.407 e. The summed E-state index contributed by atoms with van der Waals surface area (Å²) in [6, 6.07) is 21.4. The van der Waals surface area contributed by atoms with E-state index in [1.807, 2.05) is 6.08 Å². The van der Waals surface area contributed by atoms with E-state index in [4.69, 9.17) is 4.43 Å². The molecule has 0 spiro atoms. The van der Waals surface area contributed by atoms with E-state index in [9.17, 15) is 4.79 Å². The number of rotatable bonds is 8. The van der Waals surface area contributed by atoms with Crippen molar-refractivity contribution in [3.05, 3.63) is 72.8 Å². The standard InChI is InChI=1S/C23H30O2Si/c1-20(24)14-8-7-13-19-25-26(23(2,3)4,21-15-9-5-10-16-21)22-17-11-6-12-18-22/h5-6,8-12,14-18H,7,13,19H2,1-4H3/b14-8+. The fourth-order valence-corrected chi connectivity index (χ4v) is 8.04. The molecule has 0 atom stereocenters. The summed E-state index contributed by atoms with van der Waals surface area (Å²) in [5.41, 5.74) is 0. The molecule has 0 saturated carbocycles. The SMILES string of the molecule is CC(=O)/C=C/CCCO[Si](c1ccccc1)(c1ccccc1)C(C)(C)C. The molecule has 2 aromatic rings. The van der Waals surface area contributed by atoms with Gasteiger partial charge < -0.3 is 4.43 Å². The van der Waals surface area contributed by atoms with Gasteiger partial charge in [-0.15, -0.1) is 0 Å². The molecule has 0 aromatic heterocycles. The maximum absolute atomic E-state index is 11.0. The first-order chi connectivity index (χ1) is 12.4. The third-order valence-corrected chi connectivity index (χ3v) is 9.65. The monoisotopic (exact) mass is 366 g/mol. The summed E-state index contributed by atoms with van der Waals surface area (Å²) in [5.74, 6) is 0.0953. The van der Waals surface area contributed by atoms with E-state index in [1.54, 1.807) is 13.0 Å². The summed E-state index contributed by atoms with van der Waals surface area (Å²) in [4.78, 5) is 11.0. The second-order valence-electron chi connectivity index (χ2n) is 7.67. The van der Waals surface area contributed by atoms with Gasteiger partial charge in [0.1, 0.15) is 0 Å². The van der Waals surface area contributed by atoms with Crippen LogP contribution in [0.25, 0.3) is 0 Å². The minimum atomic E-state index is -2.42. The molecule has 3 heteroatoms. The molecule has 2 rings (SSSR count). The molecule has 0 saturated heterocycles. The zero-order chi connectivity index (χ0) is 19.0. The Morgan fingerprint density at radius 1 is 0.962 bits per heavy atom. The van der Waals surface area contributed by atoms with Crippen molar-refractivity contribution in [3.8, 4) is 0 Å². The Hall–Kier alpha value is -1.97. The molecule has 0 bridgehead atoms. The first-order valence-electron chi connectivity index (χ1n) is 9.30. The summed E-state index contributed by atoms with van der Waals surface area (Å²) in [6.45, 7) is 9.13. The molecule has 0 unspecified atom stereocenters. The van der Waals surface area contributed by atoms with Crippen molar-refractivity contribution < 1.29 is 9.22 Å². The predicted octanol–water partition coefficient (Wildman–Crippen LogP) is 4.49. The van der Waals surface area contributed by atoms with Crippen LogP contribution in [-0.2, 0) is 9.22 Å². The first-order valence-corrected chi connectivity index (χ1v) is 11.2. The Bertz CT molecular complexity index is 675. The van der Waals surface area contributed by atoms with Gasteiger partial charge in [-0.25, -0.2) is 0 Å². The second kappa shape index (κ2) is 9.11. The van der Waals surface area contributed by atoms with E-state index in [1.165, 1.54) is 10.4 Å². The lowest BCUT2D eigenvalue weighted by molar-refractivity contribution is -0.112. The minimum absolute atomic E-state index is 0.00489. The number of hydrogen-bond acceptors (Lipinski definition) is 2. The smallest absolute Gasteiger partial charge is 0.261 e. The van der Waals surface area contributed by atoms with E-state index >= 15 is 0 Å². The average molecular weight is 367 g/mol. The number of unbranched alkanes of at least 4 members (excludes halogenated alkanes) is 1. The van der Waals surface area contributed by atoms with Crippen LogP contribution in [-0.4, -0.2) is 20.7 Å². The summed E-state index contributed by atoms with van der Waals surface area (Å²) in [6.07, 6.45) is 5.35. The molecule has 2 aromatic carbocycles. The van der Waals surface area contributed by atoms with Gasteiger partial charge in [0.15, 0.2) is 5.78 Å². The molecular formula is C23H30O2Si. The van der Waals surface area contributed by atoms with Crippen LogP contribution in [0.2, 0.25) is 5.04 Å². The van der Waals surface area contributed by atoms with Crippen molar-refractivity contribution >= 4 is 24.5 Å². The second-order valence-corrected chi connectivity index (χ2v) is 12.0. The van der Waals surface area contributed by atoms with Gasteiger partial charge in [-0.3, -0.25) is 4.79 Å². The highest BCUT2D eigenvalue weighted by Crippen LogP contribution is 2.36. The Labute approximate surface area is 159 Å². The van der Waals surface area contributed by atoms with E-state index in [-0.39, 0.29) is 10.8 Å². The molecule has 0 fully saturated rings. The first kappa shape index (κ1) is 20.3. The summed E-state index contributed by atoms with van der Waals surface area (Å²) < 4.78 is 6.79. The molecule has 0 amide bonds. The topological polar surface area (TPSA) is 26.3 Å². The maximum Gasteiger partial charge on any atom is 0.261 e. The van der Waals surface area contributed by atoms with Crippen LogP contribution in [0, 0.1) is 0 Å². The zero-order valence-corrected chi connectivity index (χ0v) is 17.4. The number of carbonyl (C=O) groups is 1. The average Bonchev–Trinajstić information content (AvgIpc) is 2.61. The van der Waals surface area contributed by atoms with Crippen LogP contribution in [0.1, 0.15) is 40.5 Å². The number of allylic oxidation sites excluding steroid dienone is 2. The molecular weight excluding hydrogens is 336 g/mol. The molecule has 0 aliphatic carbocycles. The Morgan fingerprint density at radius 2 is 1.46 bits per heavy atom. The number of hydrogen-bond donors (Lipinski definition) is 0. The van der Waals surface area contributed by atoms with Crippen molar-refractivity contribution in [3.63, 3.8) is 0 Å². The van der Waals surface area contributed by atoms with Gasteiger partial charge in [-0.05, 0) is 41.3 Å². The van der Waals surface area contributed by atoms with Crippen molar-refractivity contribution in [2.75, 3.05) is 6.61 Å². The Kier molecular flexibility index (Phi) is 7.12. The highest BCUT2D eigenvalue weighted by molar-refractivity contribution is 6.99. The zero-order valence-electron chi connectivity index (χ0n) is 16.4. The third kappa shape index (κ3) is 4.80. The lowest BCUT2D eigenvalue weighted by Crippen LogP contribution is -2.66. The molecule has 0 radical (unpaired) electrons. The van der Waals surface area contributed by atoms with Crippen LogP contribution >= 0.6 is 0 Å². The lowest BCUT2D eigenvalue weighted by atomic mass is 10.2. The Morgan fingerprint density at radius 3 is 1.88 bits per heavy atom. The van der Waals surface area contributed by atoms with Crippen LogP contribution in [0.3, 0.4) is 0 Å². The molecule has 0 heterocycles. The van der Waals surface area contributed by atoms with Crippen molar-refractivity contribution in [2.45, 2.75) is 45.6 Å². The van der Waals surface area contributed by atoms with Crippen LogP contribution in [0.15, 0.2) is 72.8 Å². The fraction of sp³-hybridized carbons (Fsp3) is 0.348. The Balaban J connectivity index is 2.33. The highest BCUT2D eigenvalue weighted by atomic mass is 28.4. The quantitative estimate of drug-likeness (QED) is 0.391. The summed E-state index contributed by atoms with van der Waals surface area (Å²) >= 11 is 0. The van der Waals surface area contributed by atoms with Crippen LogP contribution < -0.4 is 10.4 Å². The molecule has 2 nitrogen and oxygen atoms in total. The molecule has 0 aliphatic rings. The highest BCUT2D eigenvalue weighted by Gasteiger charge is 2.49. The minimum Gasteiger partial charge on any atom is -0.407 e. The maximum atomic E-state index is 11.0. The van der Waals surface area contributed by atoms with Gasteiger partial charge in [-0.1, -0.05) is 87.5 Å². The normalized spacial score (nSPS) is 12.5.